The van der Waals surface area contributed by atoms with Gasteiger partial charge in [0.15, 0.2) is 6.10 Å². The SMILES string of the molecule is CCC(Oc1ccccc1C)C(=O)NCc1cccc(CN2CCCCC2)c1. The van der Waals surface area contributed by atoms with E-state index in [4.69, 9.17) is 4.74 Å². The summed E-state index contributed by atoms with van der Waals surface area (Å²) in [6, 6.07) is 16.4. The fraction of sp³-hybridized carbons (Fsp3) is 0.458. The Kier molecular flexibility index (Phi) is 7.49. The number of piperidine rings is 1. The molecule has 1 N–H and O–H groups in total. The Balaban J connectivity index is 1.54. The first-order valence-electron chi connectivity index (χ1n) is 10.5. The Morgan fingerprint density at radius 3 is 2.57 bits per heavy atom. The van der Waals surface area contributed by atoms with Crippen LogP contribution in [0.3, 0.4) is 0 Å². The minimum Gasteiger partial charge on any atom is -0.480 e. The lowest BCUT2D eigenvalue weighted by molar-refractivity contribution is -0.128. The third-order valence-corrected chi connectivity index (χ3v) is 5.34. The van der Waals surface area contributed by atoms with Gasteiger partial charge in [0, 0.05) is 13.1 Å². The maximum atomic E-state index is 12.6. The van der Waals surface area contributed by atoms with Crippen LogP contribution >= 0.6 is 0 Å². The van der Waals surface area contributed by atoms with Crippen LogP contribution in [0, 0.1) is 6.92 Å². The largest absolute Gasteiger partial charge is 0.480 e. The fourth-order valence-corrected chi connectivity index (χ4v) is 3.68. The van der Waals surface area contributed by atoms with Crippen LogP contribution in [0.1, 0.15) is 49.3 Å². The molecule has 1 aliphatic heterocycles. The van der Waals surface area contributed by atoms with Crippen LogP contribution < -0.4 is 10.1 Å². The molecule has 1 amide bonds. The molecule has 4 heteroatoms. The van der Waals surface area contributed by atoms with E-state index in [0.717, 1.165) is 23.4 Å². The number of nitrogens with zero attached hydrogens (tertiary/aromatic N) is 1. The molecule has 4 nitrogen and oxygen atoms in total. The zero-order valence-corrected chi connectivity index (χ0v) is 17.1. The summed E-state index contributed by atoms with van der Waals surface area (Å²) in [4.78, 5) is 15.1. The molecule has 150 valence electrons. The van der Waals surface area contributed by atoms with E-state index in [1.165, 1.54) is 37.9 Å². The van der Waals surface area contributed by atoms with E-state index in [9.17, 15) is 4.79 Å². The molecule has 2 aromatic rings. The quantitative estimate of drug-likeness (QED) is 0.735. The molecule has 28 heavy (non-hydrogen) atoms. The maximum Gasteiger partial charge on any atom is 0.261 e. The second kappa shape index (κ2) is 10.3. The van der Waals surface area contributed by atoms with Crippen molar-refractivity contribution in [1.82, 2.24) is 10.2 Å². The van der Waals surface area contributed by atoms with Crippen LogP contribution in [0.15, 0.2) is 48.5 Å². The van der Waals surface area contributed by atoms with Gasteiger partial charge in [-0.2, -0.15) is 0 Å². The van der Waals surface area contributed by atoms with Crippen LogP contribution in [0.5, 0.6) is 5.75 Å². The standard InChI is InChI=1S/C24H32N2O2/c1-3-22(28-23-13-6-5-10-19(23)2)24(27)25-17-20-11-9-12-21(16-20)18-26-14-7-4-8-15-26/h5-6,9-13,16,22H,3-4,7-8,14-15,17-18H2,1-2H3,(H,25,27). The van der Waals surface area contributed by atoms with Gasteiger partial charge in [-0.15, -0.1) is 0 Å². The molecule has 0 bridgehead atoms. The molecule has 1 heterocycles. The molecule has 1 aliphatic rings. The van der Waals surface area contributed by atoms with E-state index in [0.29, 0.717) is 13.0 Å². The number of ether oxygens (including phenoxy) is 1. The number of aryl methyl sites for hydroxylation is 1. The molecular formula is C24H32N2O2. The van der Waals surface area contributed by atoms with E-state index < -0.39 is 6.10 Å². The molecule has 0 saturated carbocycles. The average Bonchev–Trinajstić information content (AvgIpc) is 2.72. The van der Waals surface area contributed by atoms with E-state index in [2.05, 4.69) is 34.5 Å². The van der Waals surface area contributed by atoms with Gasteiger partial charge in [-0.1, -0.05) is 55.8 Å². The first kappa shape index (κ1) is 20.4. The Hall–Kier alpha value is -2.33. The van der Waals surface area contributed by atoms with Gasteiger partial charge >= 0.3 is 0 Å². The van der Waals surface area contributed by atoms with Crippen molar-refractivity contribution in [2.45, 2.75) is 58.7 Å². The van der Waals surface area contributed by atoms with E-state index in [-0.39, 0.29) is 5.91 Å². The number of amides is 1. The molecule has 0 spiro atoms. The van der Waals surface area contributed by atoms with E-state index in [1.807, 2.05) is 38.1 Å². The van der Waals surface area contributed by atoms with Gasteiger partial charge in [-0.05, 0) is 62.0 Å². The number of hydrogen-bond donors (Lipinski definition) is 1. The lowest BCUT2D eigenvalue weighted by Gasteiger charge is -2.26. The molecule has 3 rings (SSSR count). The molecule has 1 fully saturated rings. The lowest BCUT2D eigenvalue weighted by atomic mass is 10.1. The van der Waals surface area contributed by atoms with Crippen molar-refractivity contribution in [1.29, 1.82) is 0 Å². The molecule has 1 unspecified atom stereocenters. The summed E-state index contributed by atoms with van der Waals surface area (Å²) in [5.41, 5.74) is 3.49. The number of rotatable bonds is 8. The van der Waals surface area contributed by atoms with Crippen molar-refractivity contribution in [2.75, 3.05) is 13.1 Å². The van der Waals surface area contributed by atoms with Gasteiger partial charge in [0.05, 0.1) is 0 Å². The van der Waals surface area contributed by atoms with Gasteiger partial charge in [-0.25, -0.2) is 0 Å². The fourth-order valence-electron chi connectivity index (χ4n) is 3.68. The van der Waals surface area contributed by atoms with Crippen molar-refractivity contribution < 1.29 is 9.53 Å². The summed E-state index contributed by atoms with van der Waals surface area (Å²) >= 11 is 0. The van der Waals surface area contributed by atoms with Crippen LogP contribution in [0.4, 0.5) is 0 Å². The van der Waals surface area contributed by atoms with Crippen LogP contribution in [-0.2, 0) is 17.9 Å². The predicted octanol–water partition coefficient (Wildman–Crippen LogP) is 4.45. The first-order chi connectivity index (χ1) is 13.7. The second-order valence-electron chi connectivity index (χ2n) is 7.65. The van der Waals surface area contributed by atoms with Gasteiger partial charge < -0.3 is 10.1 Å². The normalized spacial score (nSPS) is 15.8. The van der Waals surface area contributed by atoms with Crippen LogP contribution in [-0.4, -0.2) is 30.0 Å². The number of carbonyl (C=O) groups excluding carboxylic acids is 1. The zero-order chi connectivity index (χ0) is 19.8. The minimum absolute atomic E-state index is 0.0628. The molecule has 1 saturated heterocycles. The highest BCUT2D eigenvalue weighted by Crippen LogP contribution is 2.19. The Morgan fingerprint density at radius 2 is 1.82 bits per heavy atom. The molecular weight excluding hydrogens is 348 g/mol. The molecule has 2 aromatic carbocycles. The van der Waals surface area contributed by atoms with Crippen LogP contribution in [0.25, 0.3) is 0 Å². The summed E-state index contributed by atoms with van der Waals surface area (Å²) in [6.45, 7) is 7.87. The number of benzene rings is 2. The summed E-state index contributed by atoms with van der Waals surface area (Å²) in [5, 5.41) is 3.04. The van der Waals surface area contributed by atoms with E-state index >= 15 is 0 Å². The summed E-state index contributed by atoms with van der Waals surface area (Å²) in [5.74, 6) is 0.709. The Bertz CT molecular complexity index is 769. The molecule has 0 aromatic heterocycles. The predicted molar refractivity (Wildman–Crippen MR) is 113 cm³/mol. The highest BCUT2D eigenvalue weighted by Gasteiger charge is 2.19. The molecule has 1 atom stereocenters. The first-order valence-corrected chi connectivity index (χ1v) is 10.5. The second-order valence-corrected chi connectivity index (χ2v) is 7.65. The van der Waals surface area contributed by atoms with Gasteiger partial charge in [0.25, 0.3) is 5.91 Å². The third-order valence-electron chi connectivity index (χ3n) is 5.34. The molecule has 0 aliphatic carbocycles. The average molecular weight is 381 g/mol. The number of likely N-dealkylation sites (tertiary alicyclic amines) is 1. The highest BCUT2D eigenvalue weighted by molar-refractivity contribution is 5.81. The van der Waals surface area contributed by atoms with Crippen molar-refractivity contribution in [2.24, 2.45) is 0 Å². The number of para-hydroxylation sites is 1. The highest BCUT2D eigenvalue weighted by atomic mass is 16.5. The summed E-state index contributed by atoms with van der Waals surface area (Å²) in [6.07, 6.45) is 4.11. The van der Waals surface area contributed by atoms with Gasteiger partial charge in [0.1, 0.15) is 5.75 Å². The van der Waals surface area contributed by atoms with Gasteiger partial charge in [0.2, 0.25) is 0 Å². The molecule has 0 radical (unpaired) electrons. The Morgan fingerprint density at radius 1 is 1.07 bits per heavy atom. The number of carbonyl (C=O) groups is 1. The summed E-state index contributed by atoms with van der Waals surface area (Å²) in [7, 11) is 0. The monoisotopic (exact) mass is 380 g/mol. The van der Waals surface area contributed by atoms with Crippen LogP contribution in [0.2, 0.25) is 0 Å². The van der Waals surface area contributed by atoms with Gasteiger partial charge in [-0.3, -0.25) is 9.69 Å². The Labute approximate surface area is 168 Å². The number of hydrogen-bond acceptors (Lipinski definition) is 3. The van der Waals surface area contributed by atoms with Crippen molar-refractivity contribution in [3.8, 4) is 5.75 Å². The minimum atomic E-state index is -0.474. The van der Waals surface area contributed by atoms with Crippen molar-refractivity contribution >= 4 is 5.91 Å². The number of nitrogens with one attached hydrogen (secondary N) is 1. The topological polar surface area (TPSA) is 41.6 Å². The van der Waals surface area contributed by atoms with E-state index in [1.54, 1.807) is 0 Å². The lowest BCUT2D eigenvalue weighted by Crippen LogP contribution is -2.37. The van der Waals surface area contributed by atoms with Crippen molar-refractivity contribution in [3.05, 3.63) is 65.2 Å². The summed E-state index contributed by atoms with van der Waals surface area (Å²) < 4.78 is 5.95. The third kappa shape index (κ3) is 5.83. The maximum absolute atomic E-state index is 12.6. The van der Waals surface area contributed by atoms with Crippen molar-refractivity contribution in [3.63, 3.8) is 0 Å². The zero-order valence-electron chi connectivity index (χ0n) is 17.1. The smallest absolute Gasteiger partial charge is 0.261 e.